The van der Waals surface area contributed by atoms with Gasteiger partial charge in [0.2, 0.25) is 0 Å². The predicted octanol–water partition coefficient (Wildman–Crippen LogP) is 1.62. The first-order valence-corrected chi connectivity index (χ1v) is 3.21. The molecule has 10 heavy (non-hydrogen) atoms. The molecule has 0 unspecified atom stereocenters. The number of hydrogen-bond donors (Lipinski definition) is 0. The van der Waals surface area contributed by atoms with E-state index in [1.165, 1.54) is 0 Å². The molecule has 1 aromatic carbocycles. The zero-order valence-corrected chi connectivity index (χ0v) is 5.54. The minimum atomic E-state index is -0.305. The molecule has 0 heterocycles. The van der Waals surface area contributed by atoms with Crippen molar-refractivity contribution < 1.29 is 9.09 Å². The molecule has 0 aromatic heterocycles. The third-order valence-corrected chi connectivity index (χ3v) is 1.17. The molecular weight excluding hydrogens is 158 g/mol. The summed E-state index contributed by atoms with van der Waals surface area (Å²) >= 11 is 0. The summed E-state index contributed by atoms with van der Waals surface area (Å²) < 4.78 is 14.5. The summed E-state index contributed by atoms with van der Waals surface area (Å²) in [5.41, 5.74) is 0. The Balaban J connectivity index is 0.000000810. The van der Waals surface area contributed by atoms with Crippen LogP contribution in [-0.4, -0.2) is 29.6 Å². The second kappa shape index (κ2) is 5.87. The SMILES string of the molecule is O=POc1ccccc1.[NaH]. The zero-order chi connectivity index (χ0) is 6.53. The van der Waals surface area contributed by atoms with Crippen LogP contribution in [-0.2, 0) is 4.57 Å². The van der Waals surface area contributed by atoms with Crippen molar-refractivity contribution in [1.29, 1.82) is 0 Å². The van der Waals surface area contributed by atoms with Gasteiger partial charge >= 0.3 is 38.2 Å². The van der Waals surface area contributed by atoms with Crippen LogP contribution in [0.5, 0.6) is 5.75 Å². The maximum atomic E-state index is 9.85. The molecule has 0 amide bonds. The van der Waals surface area contributed by atoms with Crippen LogP contribution >= 0.6 is 8.69 Å². The van der Waals surface area contributed by atoms with Crippen LogP contribution in [0.3, 0.4) is 0 Å². The summed E-state index contributed by atoms with van der Waals surface area (Å²) in [4.78, 5) is 0. The number of para-hydroxylation sites is 1. The van der Waals surface area contributed by atoms with Gasteiger partial charge in [-0.1, -0.05) is 18.2 Å². The monoisotopic (exact) mass is 164 g/mol. The van der Waals surface area contributed by atoms with E-state index in [1.54, 1.807) is 12.1 Å². The third-order valence-electron chi connectivity index (χ3n) is 0.886. The van der Waals surface area contributed by atoms with Gasteiger partial charge in [-0.2, -0.15) is 0 Å². The normalized spacial score (nSPS) is 8.40. The van der Waals surface area contributed by atoms with Crippen LogP contribution in [0, 0.1) is 0 Å². The van der Waals surface area contributed by atoms with Gasteiger partial charge in [-0.3, -0.25) is 0 Å². The van der Waals surface area contributed by atoms with Gasteiger partial charge in [0.25, 0.3) is 0 Å². The Bertz CT molecular complexity index is 190. The average molecular weight is 164 g/mol. The minimum absolute atomic E-state index is 0. The molecule has 0 aliphatic rings. The predicted molar refractivity (Wildman–Crippen MR) is 41.8 cm³/mol. The Kier molecular flexibility index (Phi) is 5.94. The molecule has 0 aliphatic heterocycles. The maximum absolute atomic E-state index is 9.85. The van der Waals surface area contributed by atoms with Crippen molar-refractivity contribution in [2.24, 2.45) is 0 Å². The fraction of sp³-hybridized carbons (Fsp3) is 0. The molecular formula is C6H6NaO2P. The zero-order valence-electron chi connectivity index (χ0n) is 4.65. The fourth-order valence-corrected chi connectivity index (χ4v) is 0.732. The van der Waals surface area contributed by atoms with Crippen molar-refractivity contribution >= 4 is 38.2 Å². The van der Waals surface area contributed by atoms with Crippen molar-refractivity contribution in [3.8, 4) is 5.75 Å². The van der Waals surface area contributed by atoms with Crippen LogP contribution in [0.4, 0.5) is 0 Å². The Labute approximate surface area is 83.2 Å². The number of rotatable bonds is 2. The van der Waals surface area contributed by atoms with Gasteiger partial charge in [0, 0.05) is 0 Å². The van der Waals surface area contributed by atoms with E-state index in [1.807, 2.05) is 18.2 Å². The van der Waals surface area contributed by atoms with Crippen LogP contribution in [0.25, 0.3) is 0 Å². The topological polar surface area (TPSA) is 26.3 Å². The van der Waals surface area contributed by atoms with Gasteiger partial charge in [-0.05, 0) is 12.1 Å². The van der Waals surface area contributed by atoms with E-state index in [9.17, 15) is 4.57 Å². The summed E-state index contributed by atoms with van der Waals surface area (Å²) in [7, 11) is -0.305. The molecule has 0 saturated carbocycles. The summed E-state index contributed by atoms with van der Waals surface area (Å²) in [6, 6.07) is 8.99. The Morgan fingerprint density at radius 3 is 2.30 bits per heavy atom. The Morgan fingerprint density at radius 1 is 1.20 bits per heavy atom. The van der Waals surface area contributed by atoms with Crippen molar-refractivity contribution in [2.45, 2.75) is 0 Å². The fourth-order valence-electron chi connectivity index (χ4n) is 0.524. The van der Waals surface area contributed by atoms with Gasteiger partial charge < -0.3 is 4.52 Å². The average Bonchev–Trinajstić information content (AvgIpc) is 1.91. The summed E-state index contributed by atoms with van der Waals surface area (Å²) in [5, 5.41) is 0. The van der Waals surface area contributed by atoms with Gasteiger partial charge in [-0.25, -0.2) is 4.57 Å². The quantitative estimate of drug-likeness (QED) is 0.490. The van der Waals surface area contributed by atoms with Crippen molar-refractivity contribution in [1.82, 2.24) is 0 Å². The molecule has 4 heteroatoms. The second-order valence-corrected chi connectivity index (χ2v) is 1.81. The number of hydrogen-bond acceptors (Lipinski definition) is 2. The molecule has 0 atom stereocenters. The first kappa shape index (κ1) is 10.1. The first-order chi connectivity index (χ1) is 4.43. The molecule has 1 aromatic rings. The van der Waals surface area contributed by atoms with E-state index in [-0.39, 0.29) is 38.2 Å². The van der Waals surface area contributed by atoms with Gasteiger partial charge in [0.15, 0.2) is 0 Å². The summed E-state index contributed by atoms with van der Waals surface area (Å²) in [6.45, 7) is 0. The summed E-state index contributed by atoms with van der Waals surface area (Å²) in [5.74, 6) is 0.620. The number of benzene rings is 1. The van der Waals surface area contributed by atoms with Crippen molar-refractivity contribution in [3.05, 3.63) is 30.3 Å². The van der Waals surface area contributed by atoms with E-state index in [0.29, 0.717) is 5.75 Å². The standard InChI is InChI=1S/C6H5O2P.Na.H/c7-9-8-6-4-2-1-3-5-6;;/h1-5H;;. The van der Waals surface area contributed by atoms with Crippen molar-refractivity contribution in [3.63, 3.8) is 0 Å². The molecule has 0 N–H and O–H groups in total. The Morgan fingerprint density at radius 2 is 1.80 bits per heavy atom. The van der Waals surface area contributed by atoms with Crippen molar-refractivity contribution in [2.75, 3.05) is 0 Å². The molecule has 0 saturated heterocycles. The van der Waals surface area contributed by atoms with Gasteiger partial charge in [-0.15, -0.1) is 0 Å². The molecule has 1 rings (SSSR count). The van der Waals surface area contributed by atoms with E-state index in [2.05, 4.69) is 4.52 Å². The molecule has 0 spiro atoms. The van der Waals surface area contributed by atoms with Gasteiger partial charge in [0.05, 0.1) is 0 Å². The van der Waals surface area contributed by atoms with Crippen LogP contribution in [0.2, 0.25) is 0 Å². The molecule has 2 nitrogen and oxygen atoms in total. The summed E-state index contributed by atoms with van der Waals surface area (Å²) in [6.07, 6.45) is 0. The van der Waals surface area contributed by atoms with Crippen LogP contribution in [0.15, 0.2) is 30.3 Å². The molecule has 0 radical (unpaired) electrons. The van der Waals surface area contributed by atoms with Gasteiger partial charge in [0.1, 0.15) is 5.75 Å². The van der Waals surface area contributed by atoms with Crippen LogP contribution in [0.1, 0.15) is 0 Å². The van der Waals surface area contributed by atoms with E-state index < -0.39 is 0 Å². The van der Waals surface area contributed by atoms with E-state index in [0.717, 1.165) is 0 Å². The molecule has 48 valence electrons. The first-order valence-electron chi connectivity index (χ1n) is 2.48. The van der Waals surface area contributed by atoms with Crippen LogP contribution < -0.4 is 4.52 Å². The Hall–Kier alpha value is 0.120. The molecule has 0 bridgehead atoms. The molecule has 0 fully saturated rings. The molecule has 0 aliphatic carbocycles. The van der Waals surface area contributed by atoms with E-state index >= 15 is 0 Å². The van der Waals surface area contributed by atoms with E-state index in [4.69, 9.17) is 0 Å². The second-order valence-electron chi connectivity index (χ2n) is 1.48. The third kappa shape index (κ3) is 3.33.